The number of morpholine rings is 1. The van der Waals surface area contributed by atoms with E-state index in [9.17, 15) is 19.1 Å². The van der Waals surface area contributed by atoms with Crippen molar-refractivity contribution in [3.05, 3.63) is 47.0 Å². The minimum atomic E-state index is -1.08. The first-order valence-corrected chi connectivity index (χ1v) is 8.29. The molecule has 0 radical (unpaired) electrons. The molecule has 1 N–H and O–H groups in total. The maximum absolute atomic E-state index is 13.1. The van der Waals surface area contributed by atoms with E-state index in [1.54, 1.807) is 23.7 Å². The summed E-state index contributed by atoms with van der Waals surface area (Å²) in [6.07, 6.45) is 0.0582. The lowest BCUT2D eigenvalue weighted by Gasteiger charge is -2.33. The number of aromatic nitrogens is 2. The zero-order valence-corrected chi connectivity index (χ0v) is 14.6. The van der Waals surface area contributed by atoms with Gasteiger partial charge >= 0.3 is 5.97 Å². The zero-order chi connectivity index (χ0) is 18.8. The topological polar surface area (TPSA) is 84.7 Å². The molecule has 0 bridgehead atoms. The molecule has 1 fully saturated rings. The van der Waals surface area contributed by atoms with Crippen molar-refractivity contribution < 1.29 is 23.8 Å². The molecule has 7 nitrogen and oxygen atoms in total. The van der Waals surface area contributed by atoms with Crippen LogP contribution in [0.3, 0.4) is 0 Å². The lowest BCUT2D eigenvalue weighted by atomic mass is 10.1. The largest absolute Gasteiger partial charge is 0.480 e. The summed E-state index contributed by atoms with van der Waals surface area (Å²) in [4.78, 5) is 25.4. The molecule has 1 atom stereocenters. The van der Waals surface area contributed by atoms with E-state index in [4.69, 9.17) is 4.74 Å². The summed E-state index contributed by atoms with van der Waals surface area (Å²) in [5.74, 6) is -1.68. The third-order valence-electron chi connectivity index (χ3n) is 4.57. The first-order chi connectivity index (χ1) is 12.4. The van der Waals surface area contributed by atoms with Crippen LogP contribution in [-0.2, 0) is 20.7 Å². The summed E-state index contributed by atoms with van der Waals surface area (Å²) in [5.41, 5.74) is 2.89. The molecule has 2 aromatic rings. The van der Waals surface area contributed by atoms with E-state index in [1.165, 1.54) is 17.0 Å². The highest BCUT2D eigenvalue weighted by molar-refractivity contribution is 5.85. The van der Waals surface area contributed by atoms with E-state index < -0.39 is 12.0 Å². The van der Waals surface area contributed by atoms with Crippen LogP contribution in [-0.4, -0.2) is 57.5 Å². The summed E-state index contributed by atoms with van der Waals surface area (Å²) in [7, 11) is 0. The van der Waals surface area contributed by atoms with Crippen molar-refractivity contribution in [2.75, 3.05) is 19.8 Å². The van der Waals surface area contributed by atoms with E-state index in [0.29, 0.717) is 18.0 Å². The molecule has 8 heteroatoms. The van der Waals surface area contributed by atoms with Gasteiger partial charge in [-0.05, 0) is 38.1 Å². The van der Waals surface area contributed by atoms with Crippen LogP contribution < -0.4 is 0 Å². The molecule has 26 heavy (non-hydrogen) atoms. The van der Waals surface area contributed by atoms with Gasteiger partial charge in [0.25, 0.3) is 0 Å². The third kappa shape index (κ3) is 3.45. The van der Waals surface area contributed by atoms with Crippen molar-refractivity contribution in [1.82, 2.24) is 14.7 Å². The number of carboxylic acid groups (broad SMARTS) is 1. The van der Waals surface area contributed by atoms with Crippen LogP contribution in [0.1, 0.15) is 17.0 Å². The molecule has 1 aliphatic heterocycles. The average molecular weight is 361 g/mol. The molecule has 1 aromatic heterocycles. The van der Waals surface area contributed by atoms with Gasteiger partial charge in [-0.25, -0.2) is 13.9 Å². The van der Waals surface area contributed by atoms with Gasteiger partial charge in [0, 0.05) is 17.8 Å². The highest BCUT2D eigenvalue weighted by Gasteiger charge is 2.33. The second kappa shape index (κ2) is 7.25. The second-order valence-corrected chi connectivity index (χ2v) is 6.23. The van der Waals surface area contributed by atoms with Crippen molar-refractivity contribution in [2.45, 2.75) is 26.3 Å². The Kier molecular flexibility index (Phi) is 5.03. The number of carbonyl (C=O) groups is 2. The Morgan fingerprint density at radius 2 is 2.00 bits per heavy atom. The fourth-order valence-electron chi connectivity index (χ4n) is 3.12. The van der Waals surface area contributed by atoms with Gasteiger partial charge < -0.3 is 14.7 Å². The fraction of sp³-hybridized carbons (Fsp3) is 0.389. The molecule has 138 valence electrons. The Hall–Kier alpha value is -2.74. The Morgan fingerprint density at radius 1 is 1.31 bits per heavy atom. The first-order valence-electron chi connectivity index (χ1n) is 8.29. The van der Waals surface area contributed by atoms with Crippen molar-refractivity contribution >= 4 is 11.9 Å². The average Bonchev–Trinajstić information content (AvgIpc) is 2.90. The van der Waals surface area contributed by atoms with E-state index in [0.717, 1.165) is 11.3 Å². The Labute approximate surface area is 150 Å². The summed E-state index contributed by atoms with van der Waals surface area (Å²) >= 11 is 0. The summed E-state index contributed by atoms with van der Waals surface area (Å²) < 4.78 is 20.0. The van der Waals surface area contributed by atoms with Crippen LogP contribution in [0.4, 0.5) is 4.39 Å². The lowest BCUT2D eigenvalue weighted by molar-refractivity contribution is -0.158. The number of aryl methyl sites for hydroxylation is 1. The molecule has 2 heterocycles. The minimum Gasteiger partial charge on any atom is -0.480 e. The predicted molar refractivity (Wildman–Crippen MR) is 90.7 cm³/mol. The first kappa shape index (κ1) is 18.1. The van der Waals surface area contributed by atoms with Gasteiger partial charge in [-0.2, -0.15) is 5.10 Å². The van der Waals surface area contributed by atoms with Crippen molar-refractivity contribution in [2.24, 2.45) is 0 Å². The Balaban J connectivity index is 1.84. The van der Waals surface area contributed by atoms with Gasteiger partial charge in [-0.1, -0.05) is 0 Å². The number of halogens is 1. The quantitative estimate of drug-likeness (QED) is 0.892. The van der Waals surface area contributed by atoms with Crippen molar-refractivity contribution in [3.63, 3.8) is 0 Å². The number of nitrogens with zero attached hydrogens (tertiary/aromatic N) is 3. The Morgan fingerprint density at radius 3 is 2.65 bits per heavy atom. The van der Waals surface area contributed by atoms with Crippen LogP contribution in [0.2, 0.25) is 0 Å². The molecule has 1 aliphatic rings. The molecule has 1 amide bonds. The predicted octanol–water partition coefficient (Wildman–Crippen LogP) is 1.48. The third-order valence-corrected chi connectivity index (χ3v) is 4.57. The molecule has 1 aromatic carbocycles. The number of rotatable bonds is 4. The highest BCUT2D eigenvalue weighted by atomic mass is 19.1. The number of aliphatic carboxylic acids is 1. The maximum Gasteiger partial charge on any atom is 0.328 e. The molecule has 0 aliphatic carbocycles. The highest BCUT2D eigenvalue weighted by Crippen LogP contribution is 2.20. The van der Waals surface area contributed by atoms with E-state index in [-0.39, 0.29) is 31.3 Å². The van der Waals surface area contributed by atoms with Crippen LogP contribution >= 0.6 is 0 Å². The number of ether oxygens (including phenoxy) is 1. The van der Waals surface area contributed by atoms with Crippen LogP contribution in [0.25, 0.3) is 5.69 Å². The normalized spacial score (nSPS) is 17.3. The Bertz CT molecular complexity index is 832. The lowest BCUT2D eigenvalue weighted by Crippen LogP contribution is -2.53. The van der Waals surface area contributed by atoms with Gasteiger partial charge in [0.05, 0.1) is 31.0 Å². The monoisotopic (exact) mass is 361 g/mol. The minimum absolute atomic E-state index is 0.00607. The number of carbonyl (C=O) groups excluding carboxylic acids is 1. The van der Waals surface area contributed by atoms with E-state index in [2.05, 4.69) is 5.10 Å². The van der Waals surface area contributed by atoms with Crippen LogP contribution in [0, 0.1) is 19.7 Å². The van der Waals surface area contributed by atoms with Gasteiger partial charge in [0.1, 0.15) is 5.82 Å². The second-order valence-electron chi connectivity index (χ2n) is 6.23. The summed E-state index contributed by atoms with van der Waals surface area (Å²) in [6.45, 7) is 4.19. The maximum atomic E-state index is 13.1. The molecular weight excluding hydrogens is 341 g/mol. The SMILES string of the molecule is Cc1nn(-c2ccc(F)cc2)c(C)c1CC(=O)N1CCOC[C@H]1C(=O)O. The molecule has 0 saturated carbocycles. The molecule has 0 unspecified atom stereocenters. The van der Waals surface area contributed by atoms with Crippen LogP contribution in [0.15, 0.2) is 24.3 Å². The van der Waals surface area contributed by atoms with Gasteiger partial charge in [-0.15, -0.1) is 0 Å². The van der Waals surface area contributed by atoms with Gasteiger partial charge in [0.2, 0.25) is 5.91 Å². The summed E-state index contributed by atoms with van der Waals surface area (Å²) in [6, 6.07) is 4.96. The summed E-state index contributed by atoms with van der Waals surface area (Å²) in [5, 5.41) is 13.7. The van der Waals surface area contributed by atoms with E-state index in [1.807, 2.05) is 6.92 Å². The smallest absolute Gasteiger partial charge is 0.328 e. The molecule has 1 saturated heterocycles. The molecule has 0 spiro atoms. The van der Waals surface area contributed by atoms with Crippen molar-refractivity contribution in [3.8, 4) is 5.69 Å². The van der Waals surface area contributed by atoms with E-state index >= 15 is 0 Å². The number of hydrogen-bond acceptors (Lipinski definition) is 4. The number of benzene rings is 1. The molecule has 3 rings (SSSR count). The van der Waals surface area contributed by atoms with Crippen LogP contribution in [0.5, 0.6) is 0 Å². The van der Waals surface area contributed by atoms with Gasteiger partial charge in [0.15, 0.2) is 6.04 Å². The fourth-order valence-corrected chi connectivity index (χ4v) is 3.12. The number of amides is 1. The van der Waals surface area contributed by atoms with Gasteiger partial charge in [-0.3, -0.25) is 4.79 Å². The number of carboxylic acids is 1. The number of hydrogen-bond donors (Lipinski definition) is 1. The standard InChI is InChI=1S/C18H20FN3O4/c1-11-15(9-17(23)21-7-8-26-10-16(21)18(24)25)12(2)22(20-11)14-5-3-13(19)4-6-14/h3-6,16H,7-10H2,1-2H3,(H,24,25)/t16-/m0/s1. The van der Waals surface area contributed by atoms with Crippen molar-refractivity contribution in [1.29, 1.82) is 0 Å². The zero-order valence-electron chi connectivity index (χ0n) is 14.6. The molecular formula is C18H20FN3O4.